The number of likely N-dealkylation sites (N-methyl/N-ethyl adjacent to an activating group) is 1. The van der Waals surface area contributed by atoms with Gasteiger partial charge in [-0.1, -0.05) is 6.07 Å². The smallest absolute Gasteiger partial charge is 0.238 e. The standard InChI is InChI=1S/C23H30N2O7S/c1-25(2)14-23(26)24-19-11-16(7-8-20(19)30-4)15-33(27,28)10-9-18-21(31-5)12-17(29-3)13-22(18)32-6/h7-13H,14-15H2,1-6H3,(H,24,26)/b10-9+. The molecule has 0 aliphatic heterocycles. The van der Waals surface area contributed by atoms with Crippen molar-refractivity contribution in [1.82, 2.24) is 4.90 Å². The molecule has 0 heterocycles. The van der Waals surface area contributed by atoms with Crippen LogP contribution in [0.25, 0.3) is 6.08 Å². The minimum atomic E-state index is -3.67. The molecule has 0 unspecified atom stereocenters. The van der Waals surface area contributed by atoms with Crippen molar-refractivity contribution in [2.75, 3.05) is 54.4 Å². The van der Waals surface area contributed by atoms with E-state index in [4.69, 9.17) is 18.9 Å². The number of sulfone groups is 1. The zero-order valence-corrected chi connectivity index (χ0v) is 20.5. The summed E-state index contributed by atoms with van der Waals surface area (Å²) in [6, 6.07) is 8.13. The molecule has 0 spiro atoms. The predicted molar refractivity (Wildman–Crippen MR) is 128 cm³/mol. The van der Waals surface area contributed by atoms with E-state index >= 15 is 0 Å². The van der Waals surface area contributed by atoms with Gasteiger partial charge in [0.1, 0.15) is 23.0 Å². The third kappa shape index (κ3) is 7.40. The number of amides is 1. The Bertz CT molecular complexity index is 1090. The van der Waals surface area contributed by atoms with Crippen molar-refractivity contribution in [3.05, 3.63) is 46.9 Å². The van der Waals surface area contributed by atoms with Gasteiger partial charge in [0, 0.05) is 17.5 Å². The summed E-state index contributed by atoms with van der Waals surface area (Å²) < 4.78 is 46.8. The number of hydrogen-bond donors (Lipinski definition) is 1. The minimum absolute atomic E-state index is 0.181. The Morgan fingerprint density at radius 3 is 2.06 bits per heavy atom. The van der Waals surface area contributed by atoms with Crippen LogP contribution >= 0.6 is 0 Å². The van der Waals surface area contributed by atoms with Crippen LogP contribution in [-0.4, -0.2) is 68.3 Å². The maximum atomic E-state index is 12.8. The summed E-state index contributed by atoms with van der Waals surface area (Å²) >= 11 is 0. The molecule has 1 N–H and O–H groups in total. The van der Waals surface area contributed by atoms with E-state index in [2.05, 4.69) is 5.32 Å². The number of benzene rings is 2. The van der Waals surface area contributed by atoms with Crippen LogP contribution in [0.5, 0.6) is 23.0 Å². The van der Waals surface area contributed by atoms with Crippen LogP contribution in [0.2, 0.25) is 0 Å². The molecule has 0 atom stereocenters. The summed E-state index contributed by atoms with van der Waals surface area (Å²) in [5.41, 5.74) is 1.37. The van der Waals surface area contributed by atoms with Crippen LogP contribution in [0.1, 0.15) is 11.1 Å². The highest BCUT2D eigenvalue weighted by atomic mass is 32.2. The topological polar surface area (TPSA) is 103 Å². The molecule has 0 aliphatic rings. The Balaban J connectivity index is 2.30. The third-order valence-corrected chi connectivity index (χ3v) is 5.85. The number of nitrogens with zero attached hydrogens (tertiary/aromatic N) is 1. The van der Waals surface area contributed by atoms with Gasteiger partial charge >= 0.3 is 0 Å². The highest BCUT2D eigenvalue weighted by Crippen LogP contribution is 2.35. The van der Waals surface area contributed by atoms with Gasteiger partial charge in [-0.3, -0.25) is 4.79 Å². The Morgan fingerprint density at radius 1 is 0.939 bits per heavy atom. The normalized spacial score (nSPS) is 11.5. The number of anilines is 1. The number of carbonyl (C=O) groups excluding carboxylic acids is 1. The monoisotopic (exact) mass is 478 g/mol. The lowest BCUT2D eigenvalue weighted by atomic mass is 10.1. The van der Waals surface area contributed by atoms with Gasteiger partial charge in [-0.15, -0.1) is 0 Å². The van der Waals surface area contributed by atoms with Gasteiger partial charge in [-0.25, -0.2) is 8.42 Å². The van der Waals surface area contributed by atoms with Crippen LogP contribution in [-0.2, 0) is 20.4 Å². The highest BCUT2D eigenvalue weighted by molar-refractivity contribution is 7.93. The van der Waals surface area contributed by atoms with Gasteiger partial charge in [-0.2, -0.15) is 0 Å². The summed E-state index contributed by atoms with van der Waals surface area (Å²) in [6.07, 6.45) is 1.43. The van der Waals surface area contributed by atoms with E-state index in [1.54, 1.807) is 49.3 Å². The van der Waals surface area contributed by atoms with Gasteiger partial charge < -0.3 is 29.2 Å². The lowest BCUT2D eigenvalue weighted by Gasteiger charge is -2.14. The summed E-state index contributed by atoms with van der Waals surface area (Å²) in [6.45, 7) is 0.181. The van der Waals surface area contributed by atoms with Gasteiger partial charge in [-0.05, 0) is 37.9 Å². The Kier molecular flexibility index (Phi) is 9.12. The first-order valence-electron chi connectivity index (χ1n) is 9.94. The minimum Gasteiger partial charge on any atom is -0.496 e. The first-order chi connectivity index (χ1) is 15.6. The fourth-order valence-electron chi connectivity index (χ4n) is 3.07. The molecule has 0 fully saturated rings. The second-order valence-electron chi connectivity index (χ2n) is 7.38. The molecule has 0 bridgehead atoms. The van der Waals surface area contributed by atoms with E-state index in [0.29, 0.717) is 39.8 Å². The number of methoxy groups -OCH3 is 4. The number of ether oxygens (including phenoxy) is 4. The molecule has 0 aliphatic carbocycles. The average molecular weight is 479 g/mol. The van der Waals surface area contributed by atoms with Crippen molar-refractivity contribution in [3.8, 4) is 23.0 Å². The molecule has 10 heteroatoms. The number of nitrogens with one attached hydrogen (secondary N) is 1. The van der Waals surface area contributed by atoms with E-state index in [1.807, 2.05) is 0 Å². The van der Waals surface area contributed by atoms with E-state index in [0.717, 1.165) is 5.41 Å². The third-order valence-electron chi connectivity index (χ3n) is 4.56. The van der Waals surface area contributed by atoms with E-state index in [9.17, 15) is 13.2 Å². The molecular formula is C23H30N2O7S. The van der Waals surface area contributed by atoms with Crippen LogP contribution in [0.4, 0.5) is 5.69 Å². The Hall–Kier alpha value is -3.24. The summed E-state index contributed by atoms with van der Waals surface area (Å²) in [4.78, 5) is 13.9. The Morgan fingerprint density at radius 2 is 1.55 bits per heavy atom. The molecule has 0 aromatic heterocycles. The van der Waals surface area contributed by atoms with Gasteiger partial charge in [0.25, 0.3) is 0 Å². The van der Waals surface area contributed by atoms with E-state index in [1.165, 1.54) is 34.5 Å². The molecule has 2 rings (SSSR count). The molecule has 0 saturated carbocycles. The van der Waals surface area contributed by atoms with Crippen LogP contribution in [0.3, 0.4) is 0 Å². The summed E-state index contributed by atoms with van der Waals surface area (Å²) in [5.74, 6) is 1.26. The van der Waals surface area contributed by atoms with Crippen molar-refractivity contribution in [3.63, 3.8) is 0 Å². The zero-order chi connectivity index (χ0) is 24.6. The first-order valence-corrected chi connectivity index (χ1v) is 11.7. The molecule has 1 amide bonds. The molecule has 180 valence electrons. The number of rotatable bonds is 11. The fraction of sp³-hybridized carbons (Fsp3) is 0.348. The number of carbonyl (C=O) groups is 1. The maximum absolute atomic E-state index is 12.8. The highest BCUT2D eigenvalue weighted by Gasteiger charge is 2.15. The molecule has 0 radical (unpaired) electrons. The lowest BCUT2D eigenvalue weighted by molar-refractivity contribution is -0.116. The molecule has 2 aromatic carbocycles. The van der Waals surface area contributed by atoms with Gasteiger partial charge in [0.05, 0.1) is 52.0 Å². The van der Waals surface area contributed by atoms with Crippen LogP contribution in [0.15, 0.2) is 35.7 Å². The largest absolute Gasteiger partial charge is 0.496 e. The maximum Gasteiger partial charge on any atom is 0.238 e. The molecule has 0 saturated heterocycles. The van der Waals surface area contributed by atoms with Crippen molar-refractivity contribution < 1.29 is 32.2 Å². The summed E-state index contributed by atoms with van der Waals surface area (Å²) in [7, 11) is 5.83. The first kappa shape index (κ1) is 26.0. The molecule has 2 aromatic rings. The van der Waals surface area contributed by atoms with Crippen molar-refractivity contribution in [1.29, 1.82) is 0 Å². The molecule has 33 heavy (non-hydrogen) atoms. The second kappa shape index (κ2) is 11.6. The fourth-order valence-corrected chi connectivity index (χ4v) is 4.15. The van der Waals surface area contributed by atoms with Crippen molar-refractivity contribution in [2.45, 2.75) is 5.75 Å². The lowest BCUT2D eigenvalue weighted by Crippen LogP contribution is -2.27. The van der Waals surface area contributed by atoms with E-state index < -0.39 is 9.84 Å². The quantitative estimate of drug-likeness (QED) is 0.526. The zero-order valence-electron chi connectivity index (χ0n) is 19.7. The summed E-state index contributed by atoms with van der Waals surface area (Å²) in [5, 5.41) is 3.86. The van der Waals surface area contributed by atoms with E-state index in [-0.39, 0.29) is 18.2 Å². The van der Waals surface area contributed by atoms with Gasteiger partial charge in [0.15, 0.2) is 9.84 Å². The molecular weight excluding hydrogens is 448 g/mol. The predicted octanol–water partition coefficient (Wildman–Crippen LogP) is 2.81. The van der Waals surface area contributed by atoms with Crippen LogP contribution < -0.4 is 24.3 Å². The average Bonchev–Trinajstić information content (AvgIpc) is 2.76. The Labute approximate surface area is 194 Å². The van der Waals surface area contributed by atoms with Crippen molar-refractivity contribution in [2.24, 2.45) is 0 Å². The molecule has 9 nitrogen and oxygen atoms in total. The van der Waals surface area contributed by atoms with Crippen LogP contribution in [0, 0.1) is 0 Å². The van der Waals surface area contributed by atoms with Gasteiger partial charge in [0.2, 0.25) is 5.91 Å². The second-order valence-corrected chi connectivity index (χ2v) is 9.26. The number of hydrogen-bond acceptors (Lipinski definition) is 8. The SMILES string of the molecule is COc1cc(OC)c(/C=C/S(=O)(=O)Cc2ccc(OC)c(NC(=O)CN(C)C)c2)c(OC)c1. The van der Waals surface area contributed by atoms with Crippen molar-refractivity contribution >= 4 is 27.5 Å².